The van der Waals surface area contributed by atoms with Gasteiger partial charge in [0.15, 0.2) is 0 Å². The molecule has 1 amide bonds. The van der Waals surface area contributed by atoms with E-state index >= 15 is 0 Å². The lowest BCUT2D eigenvalue weighted by Gasteiger charge is -2.16. The molecule has 1 N–H and O–H groups in total. The highest BCUT2D eigenvalue weighted by Crippen LogP contribution is 2.17. The smallest absolute Gasteiger partial charge is 0.226 e. The van der Waals surface area contributed by atoms with E-state index < -0.39 is 0 Å². The summed E-state index contributed by atoms with van der Waals surface area (Å²) in [5, 5.41) is 12.0. The third-order valence-corrected chi connectivity index (χ3v) is 5.21. The molecular weight excluding hydrogens is 350 g/mol. The van der Waals surface area contributed by atoms with E-state index in [9.17, 15) is 4.79 Å². The van der Waals surface area contributed by atoms with Crippen LogP contribution in [-0.2, 0) is 30.6 Å². The van der Waals surface area contributed by atoms with E-state index in [-0.39, 0.29) is 11.9 Å². The number of nitrogens with zero attached hydrogens (tertiary/aromatic N) is 4. The van der Waals surface area contributed by atoms with Gasteiger partial charge in [-0.3, -0.25) is 9.78 Å². The quantitative estimate of drug-likeness (QED) is 0.744. The first-order chi connectivity index (χ1) is 13.7. The van der Waals surface area contributed by atoms with E-state index in [1.807, 2.05) is 37.3 Å². The minimum absolute atomic E-state index is 0.0327. The molecule has 0 aliphatic carbocycles. The molecule has 1 atom stereocenters. The first-order valence-corrected chi connectivity index (χ1v) is 9.83. The zero-order valence-electron chi connectivity index (χ0n) is 16.1. The second-order valence-corrected chi connectivity index (χ2v) is 7.44. The van der Waals surface area contributed by atoms with Crippen LogP contribution in [0.3, 0.4) is 0 Å². The van der Waals surface area contributed by atoms with Crippen LogP contribution >= 0.6 is 0 Å². The summed E-state index contributed by atoms with van der Waals surface area (Å²) < 4.78 is 2.22. The lowest BCUT2D eigenvalue weighted by Crippen LogP contribution is -2.36. The summed E-state index contributed by atoms with van der Waals surface area (Å²) in [5.74, 6) is 2.05. The molecule has 3 aromatic rings. The van der Waals surface area contributed by atoms with Gasteiger partial charge in [0.1, 0.15) is 11.6 Å². The average molecular weight is 375 g/mol. The third kappa shape index (κ3) is 4.44. The molecule has 0 saturated carbocycles. The van der Waals surface area contributed by atoms with Crippen LogP contribution in [0.4, 0.5) is 0 Å². The summed E-state index contributed by atoms with van der Waals surface area (Å²) in [4.78, 5) is 16.7. The van der Waals surface area contributed by atoms with Crippen LogP contribution < -0.4 is 5.32 Å². The van der Waals surface area contributed by atoms with Gasteiger partial charge in [-0.05, 0) is 43.0 Å². The van der Waals surface area contributed by atoms with Crippen molar-refractivity contribution in [1.82, 2.24) is 25.1 Å². The van der Waals surface area contributed by atoms with Crippen molar-refractivity contribution < 1.29 is 4.79 Å². The van der Waals surface area contributed by atoms with Crippen LogP contribution in [0.2, 0.25) is 0 Å². The Morgan fingerprint density at radius 2 is 2.04 bits per heavy atom. The number of hydrogen-bond donors (Lipinski definition) is 1. The van der Waals surface area contributed by atoms with Crippen molar-refractivity contribution in [3.63, 3.8) is 0 Å². The van der Waals surface area contributed by atoms with E-state index in [0.29, 0.717) is 6.42 Å². The summed E-state index contributed by atoms with van der Waals surface area (Å²) in [7, 11) is 0. The maximum absolute atomic E-state index is 12.4. The van der Waals surface area contributed by atoms with Gasteiger partial charge < -0.3 is 9.88 Å². The number of nitrogens with one attached hydrogen (secondary N) is 1. The maximum atomic E-state index is 12.4. The van der Waals surface area contributed by atoms with Gasteiger partial charge in [0.25, 0.3) is 0 Å². The van der Waals surface area contributed by atoms with Crippen LogP contribution in [0.15, 0.2) is 48.7 Å². The Balaban J connectivity index is 1.36. The summed E-state index contributed by atoms with van der Waals surface area (Å²) >= 11 is 0. The standard InChI is InChI=1S/C22H25N5O/c1-16-9-11-23-19(13-16)15-22(28)24-18-7-8-20-25-26-21(27(20)12-10-18)14-17-5-3-2-4-6-17/h2-6,9,11,13,18H,7-8,10,12,14-15H2,1H3,(H,24,28). The highest BCUT2D eigenvalue weighted by atomic mass is 16.1. The van der Waals surface area contributed by atoms with Crippen molar-refractivity contribution in [1.29, 1.82) is 0 Å². The number of hydrogen-bond acceptors (Lipinski definition) is 4. The van der Waals surface area contributed by atoms with Crippen molar-refractivity contribution >= 4 is 5.91 Å². The SMILES string of the molecule is Cc1ccnc(CC(=O)NC2CCc3nnc(Cc4ccccc4)n3CC2)c1. The number of aromatic nitrogens is 4. The first-order valence-electron chi connectivity index (χ1n) is 9.83. The van der Waals surface area contributed by atoms with Crippen LogP contribution in [0, 0.1) is 6.92 Å². The zero-order valence-corrected chi connectivity index (χ0v) is 16.1. The zero-order chi connectivity index (χ0) is 19.3. The number of aryl methyl sites for hydroxylation is 2. The van der Waals surface area contributed by atoms with Gasteiger partial charge in [0.2, 0.25) is 5.91 Å². The number of carbonyl (C=O) groups excluding carboxylic acids is 1. The Labute approximate surface area is 165 Å². The minimum atomic E-state index is 0.0327. The molecule has 0 radical (unpaired) electrons. The molecule has 6 nitrogen and oxygen atoms in total. The van der Waals surface area contributed by atoms with Crippen molar-refractivity contribution in [2.24, 2.45) is 0 Å². The molecular formula is C22H25N5O. The Bertz CT molecular complexity index is 951. The van der Waals surface area contributed by atoms with E-state index in [2.05, 4.69) is 37.2 Å². The van der Waals surface area contributed by atoms with Gasteiger partial charge in [-0.15, -0.1) is 10.2 Å². The van der Waals surface area contributed by atoms with Crippen LogP contribution in [0.1, 0.15) is 41.3 Å². The lowest BCUT2D eigenvalue weighted by atomic mass is 10.1. The molecule has 0 fully saturated rings. The second kappa shape index (κ2) is 8.33. The lowest BCUT2D eigenvalue weighted by molar-refractivity contribution is -0.121. The summed E-state index contributed by atoms with van der Waals surface area (Å²) in [6.45, 7) is 2.84. The molecule has 0 bridgehead atoms. The van der Waals surface area contributed by atoms with Crippen LogP contribution in [0.25, 0.3) is 0 Å². The van der Waals surface area contributed by atoms with E-state index in [1.54, 1.807) is 6.20 Å². The van der Waals surface area contributed by atoms with Gasteiger partial charge in [0, 0.05) is 37.3 Å². The van der Waals surface area contributed by atoms with Gasteiger partial charge >= 0.3 is 0 Å². The van der Waals surface area contributed by atoms with Crippen LogP contribution in [-0.4, -0.2) is 31.7 Å². The molecule has 0 spiro atoms. The number of amides is 1. The number of carbonyl (C=O) groups is 1. The predicted octanol–water partition coefficient (Wildman–Crippen LogP) is 2.64. The van der Waals surface area contributed by atoms with Crippen LogP contribution in [0.5, 0.6) is 0 Å². The molecule has 1 aromatic carbocycles. The molecule has 1 aliphatic heterocycles. The fourth-order valence-corrected chi connectivity index (χ4v) is 3.74. The number of rotatable bonds is 5. The van der Waals surface area contributed by atoms with Gasteiger partial charge in [-0.25, -0.2) is 0 Å². The third-order valence-electron chi connectivity index (χ3n) is 5.21. The summed E-state index contributed by atoms with van der Waals surface area (Å²) in [6.07, 6.45) is 5.46. The predicted molar refractivity (Wildman–Crippen MR) is 107 cm³/mol. The Kier molecular flexibility index (Phi) is 5.46. The van der Waals surface area contributed by atoms with Crippen molar-refractivity contribution in [3.8, 4) is 0 Å². The van der Waals surface area contributed by atoms with Crippen molar-refractivity contribution in [2.75, 3.05) is 0 Å². The molecule has 2 aromatic heterocycles. The molecule has 28 heavy (non-hydrogen) atoms. The van der Waals surface area contributed by atoms with Crippen molar-refractivity contribution in [2.45, 2.75) is 51.6 Å². The second-order valence-electron chi connectivity index (χ2n) is 7.44. The Morgan fingerprint density at radius 1 is 1.18 bits per heavy atom. The maximum Gasteiger partial charge on any atom is 0.226 e. The fourth-order valence-electron chi connectivity index (χ4n) is 3.74. The van der Waals surface area contributed by atoms with E-state index in [4.69, 9.17) is 0 Å². The highest BCUT2D eigenvalue weighted by Gasteiger charge is 2.21. The molecule has 0 saturated heterocycles. The summed E-state index contributed by atoms with van der Waals surface area (Å²) in [5.41, 5.74) is 3.17. The molecule has 3 heterocycles. The van der Waals surface area contributed by atoms with E-state index in [0.717, 1.165) is 55.1 Å². The van der Waals surface area contributed by atoms with E-state index in [1.165, 1.54) is 5.56 Å². The van der Waals surface area contributed by atoms with Crippen molar-refractivity contribution in [3.05, 3.63) is 77.1 Å². The fraction of sp³-hybridized carbons (Fsp3) is 0.364. The topological polar surface area (TPSA) is 72.7 Å². The normalized spacial score (nSPS) is 16.2. The minimum Gasteiger partial charge on any atom is -0.353 e. The van der Waals surface area contributed by atoms with Gasteiger partial charge in [0.05, 0.1) is 6.42 Å². The molecule has 1 aliphatic rings. The molecule has 6 heteroatoms. The number of pyridine rings is 1. The average Bonchev–Trinajstić information content (AvgIpc) is 2.94. The number of fused-ring (bicyclic) bond motifs is 1. The Morgan fingerprint density at radius 3 is 2.86 bits per heavy atom. The Hall–Kier alpha value is -3.02. The highest BCUT2D eigenvalue weighted by molar-refractivity contribution is 5.78. The monoisotopic (exact) mass is 375 g/mol. The number of benzene rings is 1. The largest absolute Gasteiger partial charge is 0.353 e. The molecule has 1 unspecified atom stereocenters. The summed E-state index contributed by atoms with van der Waals surface area (Å²) in [6, 6.07) is 14.4. The molecule has 4 rings (SSSR count). The van der Waals surface area contributed by atoms with Gasteiger partial charge in [-0.2, -0.15) is 0 Å². The van der Waals surface area contributed by atoms with Gasteiger partial charge in [-0.1, -0.05) is 30.3 Å². The molecule has 144 valence electrons. The first kappa shape index (κ1) is 18.3.